The van der Waals surface area contributed by atoms with Gasteiger partial charge in [-0.25, -0.2) is 4.79 Å². The SMILES string of the molecule is COC(=O)c1cc(-c2ccccc2)sc1NC(=S)N1CCSCC1. The second kappa shape index (κ2) is 8.00. The van der Waals surface area contributed by atoms with Crippen molar-refractivity contribution in [2.45, 2.75) is 0 Å². The summed E-state index contributed by atoms with van der Waals surface area (Å²) in [5.74, 6) is 1.80. The van der Waals surface area contributed by atoms with Gasteiger partial charge in [0.05, 0.1) is 12.7 Å². The van der Waals surface area contributed by atoms with Crippen molar-refractivity contribution >= 4 is 51.4 Å². The lowest BCUT2D eigenvalue weighted by molar-refractivity contribution is 0.0602. The van der Waals surface area contributed by atoms with Gasteiger partial charge < -0.3 is 15.0 Å². The largest absolute Gasteiger partial charge is 0.465 e. The molecule has 0 bridgehead atoms. The molecule has 0 radical (unpaired) electrons. The molecular weight excluding hydrogens is 360 g/mol. The van der Waals surface area contributed by atoms with Crippen LogP contribution in [0.3, 0.4) is 0 Å². The third-order valence-electron chi connectivity index (χ3n) is 3.71. The number of esters is 1. The fourth-order valence-corrected chi connectivity index (χ4v) is 4.74. The molecule has 0 spiro atoms. The summed E-state index contributed by atoms with van der Waals surface area (Å²) in [6, 6.07) is 11.9. The molecule has 1 aromatic heterocycles. The van der Waals surface area contributed by atoms with E-state index in [9.17, 15) is 4.79 Å². The molecule has 0 saturated carbocycles. The fourth-order valence-electron chi connectivity index (χ4n) is 2.43. The number of carbonyl (C=O) groups excluding carboxylic acids is 1. The molecule has 1 aliphatic heterocycles. The van der Waals surface area contributed by atoms with Gasteiger partial charge >= 0.3 is 5.97 Å². The van der Waals surface area contributed by atoms with E-state index < -0.39 is 0 Å². The number of carbonyl (C=O) groups is 1. The summed E-state index contributed by atoms with van der Waals surface area (Å²) >= 11 is 8.98. The van der Waals surface area contributed by atoms with Gasteiger partial charge in [-0.1, -0.05) is 30.3 Å². The van der Waals surface area contributed by atoms with Gasteiger partial charge in [0, 0.05) is 29.5 Å². The van der Waals surface area contributed by atoms with Gasteiger partial charge in [0.25, 0.3) is 0 Å². The molecule has 1 fully saturated rings. The number of hydrogen-bond acceptors (Lipinski definition) is 5. The van der Waals surface area contributed by atoms with Crippen molar-refractivity contribution in [2.75, 3.05) is 37.0 Å². The van der Waals surface area contributed by atoms with Crippen LogP contribution in [0.2, 0.25) is 0 Å². The van der Waals surface area contributed by atoms with Crippen molar-refractivity contribution in [1.29, 1.82) is 0 Å². The molecule has 126 valence electrons. The molecule has 24 heavy (non-hydrogen) atoms. The van der Waals surface area contributed by atoms with Gasteiger partial charge in [-0.2, -0.15) is 11.8 Å². The van der Waals surface area contributed by atoms with E-state index in [-0.39, 0.29) is 5.97 Å². The molecule has 0 unspecified atom stereocenters. The highest BCUT2D eigenvalue weighted by molar-refractivity contribution is 7.99. The van der Waals surface area contributed by atoms with Gasteiger partial charge in [0.15, 0.2) is 5.11 Å². The Morgan fingerprint density at radius 3 is 2.62 bits per heavy atom. The lowest BCUT2D eigenvalue weighted by Gasteiger charge is -2.28. The monoisotopic (exact) mass is 378 g/mol. The summed E-state index contributed by atoms with van der Waals surface area (Å²) in [4.78, 5) is 15.3. The lowest BCUT2D eigenvalue weighted by Crippen LogP contribution is -2.40. The van der Waals surface area contributed by atoms with E-state index in [2.05, 4.69) is 10.2 Å². The first-order valence-electron chi connectivity index (χ1n) is 7.60. The van der Waals surface area contributed by atoms with E-state index in [4.69, 9.17) is 17.0 Å². The van der Waals surface area contributed by atoms with Gasteiger partial charge in [-0.3, -0.25) is 0 Å². The van der Waals surface area contributed by atoms with Crippen LogP contribution in [-0.2, 0) is 4.74 Å². The zero-order chi connectivity index (χ0) is 16.9. The zero-order valence-corrected chi connectivity index (χ0v) is 15.7. The van der Waals surface area contributed by atoms with E-state index >= 15 is 0 Å². The molecule has 4 nitrogen and oxygen atoms in total. The molecule has 7 heteroatoms. The summed E-state index contributed by atoms with van der Waals surface area (Å²) in [6.07, 6.45) is 0. The maximum Gasteiger partial charge on any atom is 0.340 e. The predicted molar refractivity (Wildman–Crippen MR) is 106 cm³/mol. The highest BCUT2D eigenvalue weighted by Crippen LogP contribution is 2.36. The van der Waals surface area contributed by atoms with Crippen molar-refractivity contribution in [1.82, 2.24) is 4.90 Å². The number of hydrogen-bond donors (Lipinski definition) is 1. The van der Waals surface area contributed by atoms with E-state index in [1.807, 2.05) is 48.2 Å². The quantitative estimate of drug-likeness (QED) is 0.644. The van der Waals surface area contributed by atoms with Crippen LogP contribution in [0, 0.1) is 0 Å². The maximum atomic E-state index is 12.1. The van der Waals surface area contributed by atoms with Gasteiger partial charge in [0.1, 0.15) is 5.00 Å². The molecule has 1 N–H and O–H groups in total. The number of thiocarbonyl (C=S) groups is 1. The van der Waals surface area contributed by atoms with Crippen LogP contribution in [-0.4, -0.2) is 47.7 Å². The third-order valence-corrected chi connectivity index (χ3v) is 6.12. The standard InChI is InChI=1S/C17H18N2O2S3/c1-21-16(20)13-11-14(12-5-3-2-4-6-12)24-15(13)18-17(22)19-7-9-23-10-8-19/h2-6,11H,7-10H2,1H3,(H,18,22). The van der Waals surface area contributed by atoms with E-state index in [0.717, 1.165) is 40.0 Å². The Kier molecular flexibility index (Phi) is 5.76. The summed E-state index contributed by atoms with van der Waals surface area (Å²) in [7, 11) is 1.39. The second-order valence-corrected chi connectivity index (χ2v) is 7.90. The smallest absolute Gasteiger partial charge is 0.340 e. The van der Waals surface area contributed by atoms with E-state index in [0.29, 0.717) is 10.7 Å². The molecule has 0 aliphatic carbocycles. The Morgan fingerprint density at radius 2 is 1.96 bits per heavy atom. The van der Waals surface area contributed by atoms with Crippen molar-refractivity contribution < 1.29 is 9.53 Å². The number of nitrogens with zero attached hydrogens (tertiary/aromatic N) is 1. The molecule has 3 rings (SSSR count). The summed E-state index contributed by atoms with van der Waals surface area (Å²) in [5.41, 5.74) is 1.59. The van der Waals surface area contributed by atoms with Crippen LogP contribution >= 0.6 is 35.3 Å². The molecule has 0 amide bonds. The Labute approximate surface area is 155 Å². The van der Waals surface area contributed by atoms with Crippen LogP contribution in [0.15, 0.2) is 36.4 Å². The first-order valence-corrected chi connectivity index (χ1v) is 9.98. The van der Waals surface area contributed by atoms with Gasteiger partial charge in [0.2, 0.25) is 0 Å². The Hall–Kier alpha value is -1.57. The second-order valence-electron chi connectivity index (χ2n) is 5.24. The lowest BCUT2D eigenvalue weighted by atomic mass is 10.1. The number of anilines is 1. The maximum absolute atomic E-state index is 12.1. The number of nitrogens with one attached hydrogen (secondary N) is 1. The third kappa shape index (κ3) is 3.91. The Bertz CT molecular complexity index is 725. The molecule has 1 aliphatic rings. The number of rotatable bonds is 3. The topological polar surface area (TPSA) is 41.6 Å². The van der Waals surface area contributed by atoms with Gasteiger partial charge in [-0.15, -0.1) is 11.3 Å². The summed E-state index contributed by atoms with van der Waals surface area (Å²) < 4.78 is 4.92. The van der Waals surface area contributed by atoms with Crippen LogP contribution in [0.1, 0.15) is 10.4 Å². The number of methoxy groups -OCH3 is 1. The molecule has 1 aromatic carbocycles. The predicted octanol–water partition coefficient (Wildman–Crippen LogP) is 3.95. The van der Waals surface area contributed by atoms with Crippen molar-refractivity contribution in [2.24, 2.45) is 0 Å². The average Bonchev–Trinajstić information content (AvgIpc) is 3.06. The zero-order valence-electron chi connectivity index (χ0n) is 13.3. The van der Waals surface area contributed by atoms with E-state index in [1.165, 1.54) is 18.4 Å². The van der Waals surface area contributed by atoms with Crippen LogP contribution in [0.5, 0.6) is 0 Å². The average molecular weight is 379 g/mol. The Morgan fingerprint density at radius 1 is 1.25 bits per heavy atom. The fraction of sp³-hybridized carbons (Fsp3) is 0.294. The normalized spacial score (nSPS) is 14.3. The highest BCUT2D eigenvalue weighted by Gasteiger charge is 2.21. The highest BCUT2D eigenvalue weighted by atomic mass is 32.2. The number of thiophene rings is 1. The molecule has 2 heterocycles. The number of ether oxygens (including phenoxy) is 1. The molecule has 1 saturated heterocycles. The minimum absolute atomic E-state index is 0.354. The minimum Gasteiger partial charge on any atom is -0.465 e. The van der Waals surface area contributed by atoms with Crippen molar-refractivity contribution in [3.05, 3.63) is 42.0 Å². The summed E-state index contributed by atoms with van der Waals surface area (Å²) in [6.45, 7) is 1.86. The van der Waals surface area contributed by atoms with Crippen molar-refractivity contribution in [3.8, 4) is 10.4 Å². The van der Waals surface area contributed by atoms with Crippen LogP contribution in [0.25, 0.3) is 10.4 Å². The Balaban J connectivity index is 1.86. The van der Waals surface area contributed by atoms with E-state index in [1.54, 1.807) is 0 Å². The molecule has 0 atom stereocenters. The van der Waals surface area contributed by atoms with Crippen LogP contribution < -0.4 is 5.32 Å². The first kappa shape index (κ1) is 17.3. The molecular formula is C17H18N2O2S3. The number of thioether (sulfide) groups is 1. The molecule has 2 aromatic rings. The number of benzene rings is 1. The first-order chi connectivity index (χ1) is 11.7. The van der Waals surface area contributed by atoms with Crippen LogP contribution in [0.4, 0.5) is 5.00 Å². The van der Waals surface area contributed by atoms with Gasteiger partial charge in [-0.05, 0) is 23.8 Å². The minimum atomic E-state index is -0.354. The van der Waals surface area contributed by atoms with Crippen molar-refractivity contribution in [3.63, 3.8) is 0 Å². The summed E-state index contributed by atoms with van der Waals surface area (Å²) in [5, 5.41) is 4.66.